The third kappa shape index (κ3) is 7.00. The van der Waals surface area contributed by atoms with Crippen LogP contribution in [0, 0.1) is 5.92 Å². The van der Waals surface area contributed by atoms with Crippen LogP contribution in [0.1, 0.15) is 32.6 Å². The van der Waals surface area contributed by atoms with Gasteiger partial charge in [0.1, 0.15) is 0 Å². The van der Waals surface area contributed by atoms with Gasteiger partial charge in [0.05, 0.1) is 0 Å². The van der Waals surface area contributed by atoms with Crippen LogP contribution < -0.4 is 10.6 Å². The number of nitrogens with zero attached hydrogens (tertiary/aromatic N) is 1. The zero-order valence-electron chi connectivity index (χ0n) is 11.8. The Kier molecular flexibility index (Phi) is 6.62. The number of amides is 2. The topological polar surface area (TPSA) is 81.7 Å². The van der Waals surface area contributed by atoms with Crippen LogP contribution in [0.15, 0.2) is 0 Å². The van der Waals surface area contributed by atoms with Crippen molar-refractivity contribution in [3.05, 3.63) is 0 Å². The molecule has 1 aliphatic heterocycles. The molecule has 1 fully saturated rings. The van der Waals surface area contributed by atoms with E-state index in [0.29, 0.717) is 13.0 Å². The van der Waals surface area contributed by atoms with E-state index < -0.39 is 5.97 Å². The Morgan fingerprint density at radius 2 is 2.00 bits per heavy atom. The van der Waals surface area contributed by atoms with E-state index in [9.17, 15) is 9.59 Å². The van der Waals surface area contributed by atoms with Crippen LogP contribution in [-0.4, -0.2) is 54.7 Å². The molecule has 0 saturated carbocycles. The fourth-order valence-electron chi connectivity index (χ4n) is 2.13. The standard InChI is InChI=1S/C13H25N3O3/c1-10(3-4-12(17)18)9-14-13(19)15-11-5-7-16(2)8-6-11/h10-11H,3-9H2,1-2H3,(H,17,18)(H2,14,15,19). The molecule has 0 aliphatic carbocycles. The summed E-state index contributed by atoms with van der Waals surface area (Å²) in [6, 6.07) is 0.113. The molecule has 3 N–H and O–H groups in total. The molecule has 0 aromatic heterocycles. The first kappa shape index (κ1) is 15.8. The summed E-state index contributed by atoms with van der Waals surface area (Å²) < 4.78 is 0. The van der Waals surface area contributed by atoms with Crippen molar-refractivity contribution in [3.63, 3.8) is 0 Å². The summed E-state index contributed by atoms with van der Waals surface area (Å²) in [7, 11) is 2.08. The van der Waals surface area contributed by atoms with E-state index >= 15 is 0 Å². The number of urea groups is 1. The number of aliphatic carboxylic acids is 1. The second kappa shape index (κ2) is 7.99. The predicted octanol–water partition coefficient (Wildman–Crippen LogP) is 0.881. The van der Waals surface area contributed by atoms with E-state index in [1.54, 1.807) is 0 Å². The Bertz CT molecular complexity index is 302. The molecule has 0 bridgehead atoms. The first-order valence-electron chi connectivity index (χ1n) is 6.92. The van der Waals surface area contributed by atoms with Gasteiger partial charge in [0.2, 0.25) is 0 Å². The maximum atomic E-state index is 11.7. The van der Waals surface area contributed by atoms with Crippen molar-refractivity contribution in [1.82, 2.24) is 15.5 Å². The molecule has 1 rings (SSSR count). The number of hydrogen-bond acceptors (Lipinski definition) is 3. The third-order valence-corrected chi connectivity index (χ3v) is 3.52. The summed E-state index contributed by atoms with van der Waals surface area (Å²) in [6.07, 6.45) is 2.71. The van der Waals surface area contributed by atoms with E-state index in [-0.39, 0.29) is 24.4 Å². The number of carboxylic acid groups (broad SMARTS) is 1. The molecule has 6 nitrogen and oxygen atoms in total. The molecule has 1 heterocycles. The molecule has 1 atom stereocenters. The Morgan fingerprint density at radius 3 is 2.58 bits per heavy atom. The Morgan fingerprint density at radius 1 is 1.37 bits per heavy atom. The van der Waals surface area contributed by atoms with Gasteiger partial charge in [-0.3, -0.25) is 4.79 Å². The molecule has 0 spiro atoms. The molecule has 0 aromatic carbocycles. The highest BCUT2D eigenvalue weighted by Gasteiger charge is 2.18. The fourth-order valence-corrected chi connectivity index (χ4v) is 2.13. The van der Waals surface area contributed by atoms with Gasteiger partial charge < -0.3 is 20.6 Å². The molecular formula is C13H25N3O3. The van der Waals surface area contributed by atoms with E-state index in [0.717, 1.165) is 25.9 Å². The number of hydrogen-bond donors (Lipinski definition) is 3. The summed E-state index contributed by atoms with van der Waals surface area (Å²) in [5.41, 5.74) is 0. The highest BCUT2D eigenvalue weighted by atomic mass is 16.4. The maximum absolute atomic E-state index is 11.7. The van der Waals surface area contributed by atoms with Crippen molar-refractivity contribution in [2.24, 2.45) is 5.92 Å². The summed E-state index contributed by atoms with van der Waals surface area (Å²) in [5.74, 6) is -0.609. The van der Waals surface area contributed by atoms with Crippen molar-refractivity contribution in [1.29, 1.82) is 0 Å². The first-order valence-corrected chi connectivity index (χ1v) is 6.92. The lowest BCUT2D eigenvalue weighted by atomic mass is 10.1. The van der Waals surface area contributed by atoms with Gasteiger partial charge in [-0.25, -0.2) is 4.79 Å². The number of likely N-dealkylation sites (tertiary alicyclic amines) is 1. The normalized spacial score (nSPS) is 18.8. The number of piperidine rings is 1. The second-order valence-corrected chi connectivity index (χ2v) is 5.47. The molecule has 1 unspecified atom stereocenters. The van der Waals surface area contributed by atoms with E-state index in [2.05, 4.69) is 22.6 Å². The van der Waals surface area contributed by atoms with Gasteiger partial charge in [-0.05, 0) is 45.3 Å². The SMILES string of the molecule is CC(CCC(=O)O)CNC(=O)NC1CCN(C)CC1. The minimum Gasteiger partial charge on any atom is -0.481 e. The van der Waals surface area contributed by atoms with Gasteiger partial charge in [0.15, 0.2) is 0 Å². The molecule has 110 valence electrons. The maximum Gasteiger partial charge on any atom is 0.315 e. The molecular weight excluding hydrogens is 246 g/mol. The summed E-state index contributed by atoms with van der Waals surface area (Å²) in [5, 5.41) is 14.3. The van der Waals surface area contributed by atoms with Gasteiger partial charge in [0.25, 0.3) is 0 Å². The van der Waals surface area contributed by atoms with Gasteiger partial charge in [-0.2, -0.15) is 0 Å². The molecule has 1 saturated heterocycles. The number of carbonyl (C=O) groups excluding carboxylic acids is 1. The quantitative estimate of drug-likeness (QED) is 0.670. The van der Waals surface area contributed by atoms with Crippen LogP contribution in [-0.2, 0) is 4.79 Å². The lowest BCUT2D eigenvalue weighted by Crippen LogP contribution is -2.47. The van der Waals surface area contributed by atoms with Gasteiger partial charge in [0, 0.05) is 19.0 Å². The average Bonchev–Trinajstić information content (AvgIpc) is 2.36. The predicted molar refractivity (Wildman–Crippen MR) is 73.1 cm³/mol. The van der Waals surface area contributed by atoms with Crippen LogP contribution >= 0.6 is 0 Å². The summed E-state index contributed by atoms with van der Waals surface area (Å²) in [6.45, 7) is 4.49. The monoisotopic (exact) mass is 271 g/mol. The summed E-state index contributed by atoms with van der Waals surface area (Å²) in [4.78, 5) is 24.4. The zero-order chi connectivity index (χ0) is 14.3. The van der Waals surface area contributed by atoms with Crippen LogP contribution in [0.4, 0.5) is 4.79 Å². The minimum absolute atomic E-state index is 0.142. The molecule has 1 aliphatic rings. The summed E-state index contributed by atoms with van der Waals surface area (Å²) >= 11 is 0. The van der Waals surface area contributed by atoms with Crippen LogP contribution in [0.25, 0.3) is 0 Å². The van der Waals surface area contributed by atoms with Crippen molar-refractivity contribution < 1.29 is 14.7 Å². The highest BCUT2D eigenvalue weighted by molar-refractivity contribution is 5.74. The van der Waals surface area contributed by atoms with Crippen molar-refractivity contribution in [2.75, 3.05) is 26.7 Å². The average molecular weight is 271 g/mol. The van der Waals surface area contributed by atoms with E-state index in [4.69, 9.17) is 5.11 Å². The first-order chi connectivity index (χ1) is 8.97. The molecule has 19 heavy (non-hydrogen) atoms. The third-order valence-electron chi connectivity index (χ3n) is 3.52. The molecule has 6 heteroatoms. The largest absolute Gasteiger partial charge is 0.481 e. The second-order valence-electron chi connectivity index (χ2n) is 5.47. The van der Waals surface area contributed by atoms with E-state index in [1.165, 1.54) is 0 Å². The molecule has 0 radical (unpaired) electrons. The number of rotatable bonds is 6. The Balaban J connectivity index is 2.12. The van der Waals surface area contributed by atoms with Crippen molar-refractivity contribution in [2.45, 2.75) is 38.6 Å². The number of carboxylic acids is 1. The van der Waals surface area contributed by atoms with E-state index in [1.807, 2.05) is 6.92 Å². The fraction of sp³-hybridized carbons (Fsp3) is 0.846. The Hall–Kier alpha value is -1.30. The van der Waals surface area contributed by atoms with Crippen LogP contribution in [0.3, 0.4) is 0 Å². The molecule has 0 aromatic rings. The van der Waals surface area contributed by atoms with Crippen LogP contribution in [0.5, 0.6) is 0 Å². The minimum atomic E-state index is -0.789. The lowest BCUT2D eigenvalue weighted by molar-refractivity contribution is -0.137. The van der Waals surface area contributed by atoms with Crippen molar-refractivity contribution >= 4 is 12.0 Å². The molecule has 2 amide bonds. The van der Waals surface area contributed by atoms with Gasteiger partial charge in [-0.15, -0.1) is 0 Å². The number of carbonyl (C=O) groups is 2. The zero-order valence-corrected chi connectivity index (χ0v) is 11.8. The highest BCUT2D eigenvalue weighted by Crippen LogP contribution is 2.08. The lowest BCUT2D eigenvalue weighted by Gasteiger charge is -2.29. The van der Waals surface area contributed by atoms with Gasteiger partial charge >= 0.3 is 12.0 Å². The smallest absolute Gasteiger partial charge is 0.315 e. The van der Waals surface area contributed by atoms with Gasteiger partial charge in [-0.1, -0.05) is 6.92 Å². The van der Waals surface area contributed by atoms with Crippen LogP contribution in [0.2, 0.25) is 0 Å². The Labute approximate surface area is 114 Å². The number of nitrogens with one attached hydrogen (secondary N) is 2. The van der Waals surface area contributed by atoms with Crippen molar-refractivity contribution in [3.8, 4) is 0 Å².